The lowest BCUT2D eigenvalue weighted by Crippen LogP contribution is -2.29. The number of amides is 1. The van der Waals surface area contributed by atoms with Gasteiger partial charge >= 0.3 is 0 Å². The van der Waals surface area contributed by atoms with Crippen LogP contribution in [0.2, 0.25) is 0 Å². The lowest BCUT2D eigenvalue weighted by molar-refractivity contribution is -0.135. The molecule has 0 aliphatic heterocycles. The molecular formula is C17H15N3O3. The van der Waals surface area contributed by atoms with Gasteiger partial charge < -0.3 is 0 Å². The Labute approximate surface area is 132 Å². The van der Waals surface area contributed by atoms with Gasteiger partial charge in [-0.1, -0.05) is 42.5 Å². The number of fused-ring (bicyclic) bond motifs is 1. The van der Waals surface area contributed by atoms with Crippen molar-refractivity contribution in [3.8, 4) is 0 Å². The maximum atomic E-state index is 12.0. The molecule has 1 heterocycles. The zero-order chi connectivity index (χ0) is 16.1. The van der Waals surface area contributed by atoms with Crippen molar-refractivity contribution in [1.29, 1.82) is 0 Å². The first-order valence-corrected chi connectivity index (χ1v) is 7.13. The summed E-state index contributed by atoms with van der Waals surface area (Å²) in [6.45, 7) is 0.250. The van der Waals surface area contributed by atoms with Gasteiger partial charge in [0.2, 0.25) is 5.43 Å². The minimum absolute atomic E-state index is 0.0322. The average Bonchev–Trinajstić information content (AvgIpc) is 2.59. The van der Waals surface area contributed by atoms with Gasteiger partial charge in [-0.15, -0.1) is 0 Å². The van der Waals surface area contributed by atoms with E-state index in [1.807, 2.05) is 30.3 Å². The van der Waals surface area contributed by atoms with Crippen LogP contribution in [0.15, 0.2) is 65.6 Å². The molecule has 0 atom stereocenters. The van der Waals surface area contributed by atoms with E-state index in [-0.39, 0.29) is 24.5 Å². The second-order valence-electron chi connectivity index (χ2n) is 4.98. The van der Waals surface area contributed by atoms with Crippen LogP contribution in [-0.4, -0.2) is 15.7 Å². The Balaban J connectivity index is 1.64. The predicted molar refractivity (Wildman–Crippen MR) is 85.4 cm³/mol. The number of aromatic nitrogens is 2. The number of rotatable bonds is 5. The van der Waals surface area contributed by atoms with Crippen molar-refractivity contribution in [2.45, 2.75) is 13.2 Å². The fraction of sp³-hybridized carbons (Fsp3) is 0.118. The molecule has 0 fully saturated rings. The highest BCUT2D eigenvalue weighted by molar-refractivity contribution is 5.81. The lowest BCUT2D eigenvalue weighted by atomic mass is 10.2. The highest BCUT2D eigenvalue weighted by Gasteiger charge is 2.08. The number of hydrogen-bond donors (Lipinski definition) is 1. The van der Waals surface area contributed by atoms with E-state index < -0.39 is 0 Å². The number of benzene rings is 2. The average molecular weight is 309 g/mol. The molecule has 0 aliphatic carbocycles. The molecule has 116 valence electrons. The second kappa shape index (κ2) is 6.85. The molecular weight excluding hydrogens is 294 g/mol. The van der Waals surface area contributed by atoms with Crippen molar-refractivity contribution in [3.05, 3.63) is 76.6 Å². The Morgan fingerprint density at radius 1 is 1.09 bits per heavy atom. The first kappa shape index (κ1) is 14.9. The van der Waals surface area contributed by atoms with Gasteiger partial charge in [0.15, 0.2) is 0 Å². The Bertz CT molecular complexity index is 875. The Morgan fingerprint density at radius 3 is 2.65 bits per heavy atom. The van der Waals surface area contributed by atoms with E-state index in [2.05, 4.69) is 10.6 Å². The lowest BCUT2D eigenvalue weighted by Gasteiger charge is -2.09. The molecule has 1 N–H and O–H groups in total. The number of hydrogen-bond acceptors (Lipinski definition) is 4. The molecule has 0 unspecified atom stereocenters. The molecule has 0 radical (unpaired) electrons. The Kier molecular flexibility index (Phi) is 4.44. The SMILES string of the molecule is O=C(Cn1ncc(=O)c2ccccc21)NOCc1ccccc1. The van der Waals surface area contributed by atoms with E-state index in [9.17, 15) is 9.59 Å². The molecule has 2 aromatic carbocycles. The van der Waals surface area contributed by atoms with Crippen LogP contribution < -0.4 is 10.9 Å². The molecule has 23 heavy (non-hydrogen) atoms. The van der Waals surface area contributed by atoms with Crippen LogP contribution in [0, 0.1) is 0 Å². The third-order valence-electron chi connectivity index (χ3n) is 3.32. The van der Waals surface area contributed by atoms with Crippen LogP contribution in [0.25, 0.3) is 10.9 Å². The molecule has 6 nitrogen and oxygen atoms in total. The fourth-order valence-electron chi connectivity index (χ4n) is 2.23. The van der Waals surface area contributed by atoms with Gasteiger partial charge in [0, 0.05) is 5.39 Å². The van der Waals surface area contributed by atoms with Crippen molar-refractivity contribution >= 4 is 16.8 Å². The van der Waals surface area contributed by atoms with Gasteiger partial charge in [0.1, 0.15) is 6.54 Å². The second-order valence-corrected chi connectivity index (χ2v) is 4.98. The topological polar surface area (TPSA) is 73.2 Å². The highest BCUT2D eigenvalue weighted by Crippen LogP contribution is 2.07. The molecule has 1 amide bonds. The highest BCUT2D eigenvalue weighted by atomic mass is 16.6. The molecule has 3 rings (SSSR count). The summed E-state index contributed by atoms with van der Waals surface area (Å²) in [6, 6.07) is 16.6. The van der Waals surface area contributed by atoms with Crippen LogP contribution >= 0.6 is 0 Å². The summed E-state index contributed by atoms with van der Waals surface area (Å²) in [4.78, 5) is 28.9. The van der Waals surface area contributed by atoms with Gasteiger partial charge in [-0.25, -0.2) is 5.48 Å². The molecule has 0 saturated carbocycles. The van der Waals surface area contributed by atoms with Crippen molar-refractivity contribution in [2.24, 2.45) is 0 Å². The number of carbonyl (C=O) groups excluding carboxylic acids is 1. The summed E-state index contributed by atoms with van der Waals surface area (Å²) in [5.41, 5.74) is 3.78. The van der Waals surface area contributed by atoms with E-state index in [0.29, 0.717) is 10.9 Å². The van der Waals surface area contributed by atoms with Crippen molar-refractivity contribution in [1.82, 2.24) is 15.3 Å². The van der Waals surface area contributed by atoms with E-state index >= 15 is 0 Å². The van der Waals surface area contributed by atoms with E-state index in [1.165, 1.54) is 10.9 Å². The maximum Gasteiger partial charge on any atom is 0.265 e. The Morgan fingerprint density at radius 2 is 1.83 bits per heavy atom. The number of hydroxylamine groups is 1. The number of nitrogens with zero attached hydrogens (tertiary/aromatic N) is 2. The molecule has 3 aromatic rings. The number of para-hydroxylation sites is 1. The third kappa shape index (κ3) is 3.61. The minimum atomic E-state index is -0.345. The normalized spacial score (nSPS) is 10.6. The van der Waals surface area contributed by atoms with E-state index in [4.69, 9.17) is 4.84 Å². The first-order chi connectivity index (χ1) is 11.2. The van der Waals surface area contributed by atoms with E-state index in [0.717, 1.165) is 5.56 Å². The third-order valence-corrected chi connectivity index (χ3v) is 3.32. The van der Waals surface area contributed by atoms with Gasteiger partial charge in [-0.2, -0.15) is 5.10 Å². The molecule has 0 bridgehead atoms. The first-order valence-electron chi connectivity index (χ1n) is 7.13. The quantitative estimate of drug-likeness (QED) is 0.727. The molecule has 0 spiro atoms. The van der Waals surface area contributed by atoms with Gasteiger partial charge in [-0.05, 0) is 17.7 Å². The van der Waals surface area contributed by atoms with Crippen LogP contribution in [-0.2, 0) is 22.8 Å². The number of nitrogens with one attached hydrogen (secondary N) is 1. The largest absolute Gasteiger partial charge is 0.287 e. The van der Waals surface area contributed by atoms with Crippen LogP contribution in [0.1, 0.15) is 5.56 Å². The Hall–Kier alpha value is -2.99. The van der Waals surface area contributed by atoms with Crippen LogP contribution in [0.5, 0.6) is 0 Å². The zero-order valence-electron chi connectivity index (χ0n) is 12.3. The standard InChI is InChI=1S/C17H15N3O3/c21-16-10-18-20(15-9-5-4-8-14(15)16)11-17(22)19-23-12-13-6-2-1-3-7-13/h1-10H,11-12H2,(H,19,22). The van der Waals surface area contributed by atoms with Crippen LogP contribution in [0.4, 0.5) is 0 Å². The van der Waals surface area contributed by atoms with Crippen molar-refractivity contribution < 1.29 is 9.63 Å². The van der Waals surface area contributed by atoms with Gasteiger partial charge in [0.25, 0.3) is 5.91 Å². The van der Waals surface area contributed by atoms with E-state index in [1.54, 1.807) is 24.3 Å². The minimum Gasteiger partial charge on any atom is -0.287 e. The zero-order valence-corrected chi connectivity index (χ0v) is 12.3. The van der Waals surface area contributed by atoms with Crippen molar-refractivity contribution in [3.63, 3.8) is 0 Å². The smallest absolute Gasteiger partial charge is 0.265 e. The van der Waals surface area contributed by atoms with Gasteiger partial charge in [-0.3, -0.25) is 19.1 Å². The fourth-order valence-corrected chi connectivity index (χ4v) is 2.23. The van der Waals surface area contributed by atoms with Crippen molar-refractivity contribution in [2.75, 3.05) is 0 Å². The molecule has 0 saturated heterocycles. The van der Waals surface area contributed by atoms with Gasteiger partial charge in [0.05, 0.1) is 18.3 Å². The monoisotopic (exact) mass is 309 g/mol. The molecule has 1 aromatic heterocycles. The maximum absolute atomic E-state index is 12.0. The summed E-state index contributed by atoms with van der Waals surface area (Å²) in [5.74, 6) is -0.345. The summed E-state index contributed by atoms with van der Waals surface area (Å²) < 4.78 is 1.47. The van der Waals surface area contributed by atoms with Crippen LogP contribution in [0.3, 0.4) is 0 Å². The molecule has 6 heteroatoms. The summed E-state index contributed by atoms with van der Waals surface area (Å²) in [6.07, 6.45) is 1.21. The summed E-state index contributed by atoms with van der Waals surface area (Å²) >= 11 is 0. The summed E-state index contributed by atoms with van der Waals surface area (Å²) in [7, 11) is 0. The number of carbonyl (C=O) groups is 1. The summed E-state index contributed by atoms with van der Waals surface area (Å²) in [5, 5.41) is 4.53. The molecule has 0 aliphatic rings. The predicted octanol–water partition coefficient (Wildman–Crippen LogP) is 1.64.